The lowest BCUT2D eigenvalue weighted by molar-refractivity contribution is 0.0635. The van der Waals surface area contributed by atoms with Crippen molar-refractivity contribution in [2.75, 3.05) is 5.32 Å². The summed E-state index contributed by atoms with van der Waals surface area (Å²) in [6.45, 7) is 5.43. The minimum Gasteiger partial charge on any atom is -0.444 e. The second-order valence-electron chi connectivity index (χ2n) is 4.28. The van der Waals surface area contributed by atoms with E-state index in [4.69, 9.17) is 16.3 Å². The molecule has 1 amide bonds. The van der Waals surface area contributed by atoms with Crippen molar-refractivity contribution in [1.29, 1.82) is 0 Å². The van der Waals surface area contributed by atoms with Crippen LogP contribution in [-0.4, -0.2) is 16.3 Å². The van der Waals surface area contributed by atoms with Crippen molar-refractivity contribution in [2.45, 2.75) is 26.4 Å². The number of anilines is 1. The van der Waals surface area contributed by atoms with Crippen molar-refractivity contribution >= 4 is 23.5 Å². The molecule has 0 atom stereocenters. The van der Waals surface area contributed by atoms with Gasteiger partial charge in [-0.15, -0.1) is 0 Å². The Kier molecular flexibility index (Phi) is 3.29. The Hall–Kier alpha value is -1.16. The Morgan fingerprint density at radius 2 is 2.13 bits per heavy atom. The van der Waals surface area contributed by atoms with E-state index in [-0.39, 0.29) is 0 Å². The number of nitrogens with zero attached hydrogens (tertiary/aromatic N) is 1. The maximum absolute atomic E-state index is 11.4. The summed E-state index contributed by atoms with van der Waals surface area (Å²) in [4.78, 5) is 11.4. The van der Waals surface area contributed by atoms with Gasteiger partial charge in [0.15, 0.2) is 0 Å². The Labute approximate surface area is 94.2 Å². The van der Waals surface area contributed by atoms with E-state index < -0.39 is 11.7 Å². The van der Waals surface area contributed by atoms with Gasteiger partial charge in [0.2, 0.25) is 0 Å². The van der Waals surface area contributed by atoms with Gasteiger partial charge in [-0.3, -0.25) is 5.32 Å². The largest absolute Gasteiger partial charge is 0.444 e. The van der Waals surface area contributed by atoms with Crippen LogP contribution in [0, 0.1) is 0 Å². The zero-order valence-electron chi connectivity index (χ0n) is 9.30. The minimum atomic E-state index is -0.501. The molecule has 0 aliphatic carbocycles. The zero-order valence-corrected chi connectivity index (χ0v) is 10.1. The predicted molar refractivity (Wildman–Crippen MR) is 60.3 cm³/mol. The van der Waals surface area contributed by atoms with Crippen LogP contribution in [0.3, 0.4) is 0 Å². The average molecular weight is 231 g/mol. The van der Waals surface area contributed by atoms with Crippen molar-refractivity contribution in [3.8, 4) is 0 Å². The fourth-order valence-corrected chi connectivity index (χ4v) is 1.31. The summed E-state index contributed by atoms with van der Waals surface area (Å²) in [6, 6.07) is 1.66. The number of carbonyl (C=O) groups is 1. The van der Waals surface area contributed by atoms with Crippen LogP contribution in [0.2, 0.25) is 5.02 Å². The maximum atomic E-state index is 11.4. The summed E-state index contributed by atoms with van der Waals surface area (Å²) < 4.78 is 6.81. The first-order chi connectivity index (χ1) is 6.78. The summed E-state index contributed by atoms with van der Waals surface area (Å²) >= 11 is 5.77. The summed E-state index contributed by atoms with van der Waals surface area (Å²) in [5.74, 6) is 0.606. The lowest BCUT2D eigenvalue weighted by atomic mass is 10.2. The number of aryl methyl sites for hydroxylation is 1. The summed E-state index contributed by atoms with van der Waals surface area (Å²) in [5, 5.41) is 3.18. The van der Waals surface area contributed by atoms with Crippen LogP contribution in [0.4, 0.5) is 10.6 Å². The van der Waals surface area contributed by atoms with Gasteiger partial charge in [0, 0.05) is 13.2 Å². The number of nitrogens with one attached hydrogen (secondary N) is 1. The van der Waals surface area contributed by atoms with Crippen LogP contribution < -0.4 is 5.32 Å². The van der Waals surface area contributed by atoms with E-state index in [1.54, 1.807) is 23.9 Å². The van der Waals surface area contributed by atoms with Crippen LogP contribution in [0.5, 0.6) is 0 Å². The molecular weight excluding hydrogens is 216 g/mol. The third-order valence-electron chi connectivity index (χ3n) is 1.60. The molecular formula is C10H15ClN2O2. The molecule has 1 aromatic heterocycles. The number of halogens is 1. The fourth-order valence-electron chi connectivity index (χ4n) is 1.06. The second kappa shape index (κ2) is 4.14. The molecule has 0 saturated heterocycles. The monoisotopic (exact) mass is 230 g/mol. The van der Waals surface area contributed by atoms with Gasteiger partial charge < -0.3 is 9.30 Å². The molecule has 0 radical (unpaired) electrons. The molecule has 0 aromatic carbocycles. The van der Waals surface area contributed by atoms with Gasteiger partial charge in [0.1, 0.15) is 11.4 Å². The summed E-state index contributed by atoms with van der Waals surface area (Å²) in [5.41, 5.74) is -0.501. The van der Waals surface area contributed by atoms with Gasteiger partial charge in [-0.05, 0) is 26.8 Å². The van der Waals surface area contributed by atoms with Gasteiger partial charge in [0.25, 0.3) is 0 Å². The summed E-state index contributed by atoms with van der Waals surface area (Å²) in [7, 11) is 1.79. The first kappa shape index (κ1) is 11.9. The lowest BCUT2D eigenvalue weighted by Gasteiger charge is -2.19. The molecule has 0 aliphatic heterocycles. The first-order valence-corrected chi connectivity index (χ1v) is 4.97. The molecule has 1 heterocycles. The predicted octanol–water partition coefficient (Wildman–Crippen LogP) is 3.03. The number of hydrogen-bond acceptors (Lipinski definition) is 2. The smallest absolute Gasteiger partial charge is 0.413 e. The maximum Gasteiger partial charge on any atom is 0.413 e. The first-order valence-electron chi connectivity index (χ1n) is 4.60. The van der Waals surface area contributed by atoms with E-state index in [0.717, 1.165) is 0 Å². The topological polar surface area (TPSA) is 43.3 Å². The molecule has 4 nitrogen and oxygen atoms in total. The van der Waals surface area contributed by atoms with Crippen LogP contribution in [-0.2, 0) is 11.8 Å². The molecule has 15 heavy (non-hydrogen) atoms. The van der Waals surface area contributed by atoms with Crippen LogP contribution in [0.25, 0.3) is 0 Å². The lowest BCUT2D eigenvalue weighted by Crippen LogP contribution is -2.27. The Balaban J connectivity index is 2.63. The number of ether oxygens (including phenoxy) is 1. The highest BCUT2D eigenvalue weighted by Crippen LogP contribution is 2.18. The van der Waals surface area contributed by atoms with Gasteiger partial charge in [-0.25, -0.2) is 4.79 Å². The molecule has 0 fully saturated rings. The Bertz CT molecular complexity index is 366. The van der Waals surface area contributed by atoms with Crippen molar-refractivity contribution in [1.82, 2.24) is 4.57 Å². The van der Waals surface area contributed by atoms with E-state index in [1.165, 1.54) is 0 Å². The van der Waals surface area contributed by atoms with Crippen LogP contribution >= 0.6 is 11.6 Å². The highest BCUT2D eigenvalue weighted by Gasteiger charge is 2.17. The number of rotatable bonds is 1. The number of amides is 1. The van der Waals surface area contributed by atoms with E-state index in [1.807, 2.05) is 20.8 Å². The SMILES string of the molecule is Cn1cc(Cl)cc1NC(=O)OC(C)(C)C. The van der Waals surface area contributed by atoms with E-state index in [0.29, 0.717) is 10.8 Å². The third-order valence-corrected chi connectivity index (χ3v) is 1.81. The van der Waals surface area contributed by atoms with Crippen LogP contribution in [0.15, 0.2) is 12.3 Å². The van der Waals surface area contributed by atoms with Crippen LogP contribution in [0.1, 0.15) is 20.8 Å². The molecule has 1 rings (SSSR count). The van der Waals surface area contributed by atoms with Gasteiger partial charge >= 0.3 is 6.09 Å². The van der Waals surface area contributed by atoms with Crippen molar-refractivity contribution in [3.63, 3.8) is 0 Å². The van der Waals surface area contributed by atoms with E-state index >= 15 is 0 Å². The zero-order chi connectivity index (χ0) is 11.6. The molecule has 0 bridgehead atoms. The Morgan fingerprint density at radius 3 is 2.53 bits per heavy atom. The van der Waals surface area contributed by atoms with Crippen molar-refractivity contribution < 1.29 is 9.53 Å². The van der Waals surface area contributed by atoms with E-state index in [2.05, 4.69) is 5.32 Å². The molecule has 0 aliphatic rings. The van der Waals surface area contributed by atoms with Crippen molar-refractivity contribution in [3.05, 3.63) is 17.3 Å². The highest BCUT2D eigenvalue weighted by molar-refractivity contribution is 6.30. The Morgan fingerprint density at radius 1 is 1.53 bits per heavy atom. The average Bonchev–Trinajstić information content (AvgIpc) is 2.25. The quantitative estimate of drug-likeness (QED) is 0.806. The number of carbonyl (C=O) groups excluding carboxylic acids is 1. The fraction of sp³-hybridized carbons (Fsp3) is 0.500. The summed E-state index contributed by atoms with van der Waals surface area (Å²) in [6.07, 6.45) is 1.22. The third kappa shape index (κ3) is 3.83. The molecule has 0 spiro atoms. The normalized spacial score (nSPS) is 11.3. The van der Waals surface area contributed by atoms with E-state index in [9.17, 15) is 4.79 Å². The highest BCUT2D eigenvalue weighted by atomic mass is 35.5. The second-order valence-corrected chi connectivity index (χ2v) is 4.72. The molecule has 84 valence electrons. The van der Waals surface area contributed by atoms with Gasteiger partial charge in [-0.2, -0.15) is 0 Å². The van der Waals surface area contributed by atoms with Crippen molar-refractivity contribution in [2.24, 2.45) is 7.05 Å². The molecule has 0 unspecified atom stereocenters. The molecule has 1 N–H and O–H groups in total. The standard InChI is InChI=1S/C10H15ClN2O2/c1-10(2,3)15-9(14)12-8-5-7(11)6-13(8)4/h5-6H,1-4H3,(H,12,14). The van der Waals surface area contributed by atoms with Gasteiger partial charge in [0.05, 0.1) is 5.02 Å². The van der Waals surface area contributed by atoms with Gasteiger partial charge in [-0.1, -0.05) is 11.6 Å². The number of aromatic nitrogens is 1. The molecule has 1 aromatic rings. The number of hydrogen-bond donors (Lipinski definition) is 1. The molecule has 5 heteroatoms. The molecule has 0 saturated carbocycles. The minimum absolute atomic E-state index is 0.486.